The van der Waals surface area contributed by atoms with Crippen LogP contribution in [0.15, 0.2) is 22.7 Å². The Morgan fingerprint density at radius 1 is 1.65 bits per heavy atom. The minimum Gasteiger partial charge on any atom is -0.496 e. The van der Waals surface area contributed by atoms with Crippen LogP contribution in [0.25, 0.3) is 0 Å². The molecule has 20 heavy (non-hydrogen) atoms. The number of hydrogen-bond donors (Lipinski definition) is 0. The quantitative estimate of drug-likeness (QED) is 0.784. The minimum atomic E-state index is -0.445. The number of hydrogen-bond acceptors (Lipinski definition) is 5. The summed E-state index contributed by atoms with van der Waals surface area (Å²) in [6.45, 7) is 1.92. The van der Waals surface area contributed by atoms with Crippen molar-refractivity contribution in [3.8, 4) is 11.8 Å². The number of methoxy groups -OCH3 is 1. The zero-order chi connectivity index (χ0) is 14.5. The zero-order valence-corrected chi connectivity index (χ0v) is 12.7. The van der Waals surface area contributed by atoms with E-state index in [1.165, 1.54) is 0 Å². The fourth-order valence-corrected chi connectivity index (χ4v) is 2.60. The lowest BCUT2D eigenvalue weighted by atomic mass is 10.1. The van der Waals surface area contributed by atoms with Crippen LogP contribution in [0.4, 0.5) is 0 Å². The number of morpholine rings is 1. The number of nitriles is 1. The van der Waals surface area contributed by atoms with Gasteiger partial charge in [0.05, 0.1) is 30.8 Å². The smallest absolute Gasteiger partial charge is 0.176 e. The van der Waals surface area contributed by atoms with E-state index < -0.39 is 6.10 Å². The summed E-state index contributed by atoms with van der Waals surface area (Å²) >= 11 is 3.37. The molecule has 1 unspecified atom stereocenters. The van der Waals surface area contributed by atoms with E-state index in [0.717, 1.165) is 4.47 Å². The molecule has 1 aliphatic heterocycles. The summed E-state index contributed by atoms with van der Waals surface area (Å²) in [6.07, 6.45) is -0.445. The highest BCUT2D eigenvalue weighted by atomic mass is 79.9. The first-order valence-corrected chi connectivity index (χ1v) is 7.03. The topological polar surface area (TPSA) is 62.6 Å². The molecule has 0 N–H and O–H groups in total. The number of benzene rings is 1. The Hall–Kier alpha value is -1.42. The van der Waals surface area contributed by atoms with Gasteiger partial charge in [-0.2, -0.15) is 5.26 Å². The summed E-state index contributed by atoms with van der Waals surface area (Å²) in [4.78, 5) is 14.2. The number of Topliss-reactive ketones (excluding diaryl/α,β-unsaturated/α-hetero) is 1. The summed E-state index contributed by atoms with van der Waals surface area (Å²) < 4.78 is 11.1. The van der Waals surface area contributed by atoms with Crippen LogP contribution in [0.5, 0.6) is 5.75 Å². The van der Waals surface area contributed by atoms with E-state index in [1.54, 1.807) is 25.3 Å². The number of carbonyl (C=O) groups excluding carboxylic acids is 1. The van der Waals surface area contributed by atoms with Gasteiger partial charge < -0.3 is 9.47 Å². The van der Waals surface area contributed by atoms with Crippen molar-refractivity contribution in [2.24, 2.45) is 0 Å². The van der Waals surface area contributed by atoms with Gasteiger partial charge in [-0.15, -0.1) is 0 Å². The Labute approximate surface area is 126 Å². The van der Waals surface area contributed by atoms with Crippen LogP contribution in [0.3, 0.4) is 0 Å². The highest BCUT2D eigenvalue weighted by Crippen LogP contribution is 2.25. The first kappa shape index (κ1) is 15.0. The molecule has 1 aromatic rings. The largest absolute Gasteiger partial charge is 0.496 e. The lowest BCUT2D eigenvalue weighted by Gasteiger charge is -2.28. The van der Waals surface area contributed by atoms with E-state index in [9.17, 15) is 4.79 Å². The molecule has 0 aliphatic carbocycles. The second-order valence-corrected chi connectivity index (χ2v) is 5.35. The first-order valence-electron chi connectivity index (χ1n) is 6.24. The molecule has 0 amide bonds. The van der Waals surface area contributed by atoms with Crippen molar-refractivity contribution in [1.82, 2.24) is 4.90 Å². The van der Waals surface area contributed by atoms with Crippen molar-refractivity contribution in [2.75, 3.05) is 33.4 Å². The number of halogens is 1. The average molecular weight is 339 g/mol. The maximum absolute atomic E-state index is 12.2. The standard InChI is InChI=1S/C14H15BrN2O3/c1-19-14-3-2-10(6-12(14)15)13(18)9-17-4-5-20-11(7-16)8-17/h2-3,6,11H,4-5,8-9H2,1H3. The summed E-state index contributed by atoms with van der Waals surface area (Å²) in [7, 11) is 1.58. The fourth-order valence-electron chi connectivity index (χ4n) is 2.06. The molecular weight excluding hydrogens is 324 g/mol. The van der Waals surface area contributed by atoms with Crippen molar-refractivity contribution < 1.29 is 14.3 Å². The third-order valence-corrected chi connectivity index (χ3v) is 3.76. The highest BCUT2D eigenvalue weighted by Gasteiger charge is 2.22. The number of ether oxygens (including phenoxy) is 2. The zero-order valence-electron chi connectivity index (χ0n) is 11.1. The Bertz CT molecular complexity index is 542. The Balaban J connectivity index is 2.01. The van der Waals surface area contributed by atoms with Crippen molar-refractivity contribution in [3.63, 3.8) is 0 Å². The lowest BCUT2D eigenvalue weighted by Crippen LogP contribution is -2.44. The molecule has 1 heterocycles. The lowest BCUT2D eigenvalue weighted by molar-refractivity contribution is 0.00241. The van der Waals surface area contributed by atoms with Crippen molar-refractivity contribution in [1.29, 1.82) is 5.26 Å². The van der Waals surface area contributed by atoms with Crippen LogP contribution in [0.1, 0.15) is 10.4 Å². The number of rotatable bonds is 4. The maximum Gasteiger partial charge on any atom is 0.176 e. The van der Waals surface area contributed by atoms with E-state index in [-0.39, 0.29) is 5.78 Å². The minimum absolute atomic E-state index is 0.0203. The molecule has 1 saturated heterocycles. The molecule has 0 radical (unpaired) electrons. The van der Waals surface area contributed by atoms with Crippen LogP contribution in [0, 0.1) is 11.3 Å². The van der Waals surface area contributed by atoms with Gasteiger partial charge >= 0.3 is 0 Å². The third-order valence-electron chi connectivity index (χ3n) is 3.14. The van der Waals surface area contributed by atoms with Crippen LogP contribution >= 0.6 is 15.9 Å². The van der Waals surface area contributed by atoms with Crippen molar-refractivity contribution in [3.05, 3.63) is 28.2 Å². The summed E-state index contributed by atoms with van der Waals surface area (Å²) in [6, 6.07) is 7.33. The van der Waals surface area contributed by atoms with Crippen molar-refractivity contribution >= 4 is 21.7 Å². The van der Waals surface area contributed by atoms with E-state index >= 15 is 0 Å². The molecule has 1 aromatic carbocycles. The molecule has 0 aromatic heterocycles. The van der Waals surface area contributed by atoms with Crippen LogP contribution in [-0.2, 0) is 4.74 Å². The third kappa shape index (κ3) is 3.57. The molecule has 1 atom stereocenters. The molecule has 6 heteroatoms. The van der Waals surface area contributed by atoms with Gasteiger partial charge in [0, 0.05) is 18.7 Å². The van der Waals surface area contributed by atoms with Gasteiger partial charge in [-0.25, -0.2) is 0 Å². The Kier molecular flexibility index (Phi) is 5.12. The second kappa shape index (κ2) is 6.84. The van der Waals surface area contributed by atoms with Gasteiger partial charge in [-0.05, 0) is 34.1 Å². The fraction of sp³-hybridized carbons (Fsp3) is 0.429. The number of carbonyl (C=O) groups is 1. The van der Waals surface area contributed by atoms with E-state index in [2.05, 4.69) is 22.0 Å². The number of ketones is 1. The van der Waals surface area contributed by atoms with Gasteiger partial charge in [0.1, 0.15) is 5.75 Å². The molecule has 2 rings (SSSR count). The second-order valence-electron chi connectivity index (χ2n) is 4.50. The summed E-state index contributed by atoms with van der Waals surface area (Å²) in [5.74, 6) is 0.712. The molecule has 106 valence electrons. The van der Waals surface area contributed by atoms with Crippen LogP contribution < -0.4 is 4.74 Å². The predicted octanol–water partition coefficient (Wildman–Crippen LogP) is 1.86. The van der Waals surface area contributed by atoms with E-state index in [4.69, 9.17) is 14.7 Å². The van der Waals surface area contributed by atoms with E-state index in [1.807, 2.05) is 4.90 Å². The summed E-state index contributed by atoms with van der Waals surface area (Å²) in [5, 5.41) is 8.85. The summed E-state index contributed by atoms with van der Waals surface area (Å²) in [5.41, 5.74) is 0.623. The molecule has 0 bridgehead atoms. The Morgan fingerprint density at radius 3 is 3.10 bits per heavy atom. The molecular formula is C14H15BrN2O3. The van der Waals surface area contributed by atoms with Gasteiger partial charge in [-0.3, -0.25) is 9.69 Å². The monoisotopic (exact) mass is 338 g/mol. The van der Waals surface area contributed by atoms with Gasteiger partial charge in [0.15, 0.2) is 11.9 Å². The first-order chi connectivity index (χ1) is 9.63. The normalized spacial score (nSPS) is 19.4. The van der Waals surface area contributed by atoms with Gasteiger partial charge in [0.2, 0.25) is 0 Å². The SMILES string of the molecule is COc1ccc(C(=O)CN2CCOC(C#N)C2)cc1Br. The van der Waals surface area contributed by atoms with E-state index in [0.29, 0.717) is 37.6 Å². The van der Waals surface area contributed by atoms with Gasteiger partial charge in [-0.1, -0.05) is 0 Å². The molecule has 1 aliphatic rings. The van der Waals surface area contributed by atoms with Crippen LogP contribution in [0.2, 0.25) is 0 Å². The number of nitrogens with zero attached hydrogens (tertiary/aromatic N) is 2. The van der Waals surface area contributed by atoms with Crippen molar-refractivity contribution in [2.45, 2.75) is 6.10 Å². The molecule has 0 spiro atoms. The molecule has 1 fully saturated rings. The average Bonchev–Trinajstić information content (AvgIpc) is 2.47. The molecule has 0 saturated carbocycles. The molecule has 5 nitrogen and oxygen atoms in total. The highest BCUT2D eigenvalue weighted by molar-refractivity contribution is 9.10. The maximum atomic E-state index is 12.2. The van der Waals surface area contributed by atoms with Crippen LogP contribution in [-0.4, -0.2) is 50.1 Å². The Morgan fingerprint density at radius 2 is 2.45 bits per heavy atom. The predicted molar refractivity (Wildman–Crippen MR) is 76.8 cm³/mol. The van der Waals surface area contributed by atoms with Gasteiger partial charge in [0.25, 0.3) is 0 Å².